The van der Waals surface area contributed by atoms with E-state index in [0.717, 1.165) is 10.9 Å². The number of hydrazine groups is 1. The topological polar surface area (TPSA) is 443 Å². The highest BCUT2D eigenvalue weighted by Gasteiger charge is 2.32. The number of carboxylic acids is 1. The van der Waals surface area contributed by atoms with Gasteiger partial charge in [-0.3, -0.25) is 38.8 Å². The first kappa shape index (κ1) is 60.8. The molecule has 4 aromatic rings. The van der Waals surface area contributed by atoms with Gasteiger partial charge in [0.05, 0.1) is 24.5 Å². The van der Waals surface area contributed by atoms with Crippen LogP contribution in [0.5, 0.6) is 0 Å². The van der Waals surface area contributed by atoms with Gasteiger partial charge < -0.3 is 79.5 Å². The summed E-state index contributed by atoms with van der Waals surface area (Å²) in [4.78, 5) is 131. The largest absolute Gasteiger partial charge is 0.480 e. The number of hydrogen-bond donors (Lipinski definition) is 17. The van der Waals surface area contributed by atoms with Crippen molar-refractivity contribution in [3.63, 3.8) is 0 Å². The molecular weight excluding hydrogens is 1050 g/mol. The predicted molar refractivity (Wildman–Crippen MR) is 299 cm³/mol. The number of imidazole rings is 1. The number of guanidine groups is 2. The molecule has 27 nitrogen and oxygen atoms in total. The van der Waals surface area contributed by atoms with Crippen molar-refractivity contribution in [2.75, 3.05) is 24.6 Å². The fraction of sp³-hybridized carbons (Fsp3) is 0.429. The minimum absolute atomic E-state index is 0.00305. The Morgan fingerprint density at radius 3 is 1.76 bits per heavy atom. The van der Waals surface area contributed by atoms with E-state index in [4.69, 9.17) is 25.7 Å². The third-order valence-corrected chi connectivity index (χ3v) is 12.0. The lowest BCUT2D eigenvalue weighted by molar-refractivity contribution is -0.141. The highest BCUT2D eigenvalue weighted by molar-refractivity contribution is 7.80. The Hall–Kier alpha value is -8.02. The zero-order chi connectivity index (χ0) is 59.3. The monoisotopic (exact) mass is 1120 g/mol. The van der Waals surface area contributed by atoms with Crippen molar-refractivity contribution in [2.24, 2.45) is 32.9 Å². The smallest absolute Gasteiger partial charge is 0.327 e. The molecule has 0 radical (unpaired) electrons. The third-order valence-electron chi connectivity index (χ3n) is 11.3. The number of fused-ring (bicyclic) bond motifs is 1. The summed E-state index contributed by atoms with van der Waals surface area (Å²) in [5.74, 6) is -5.62. The third kappa shape index (κ3) is 23.5. The number of aromatic nitrogens is 3. The maximum Gasteiger partial charge on any atom is 0.327 e. The van der Waals surface area contributed by atoms with Crippen molar-refractivity contribution in [2.45, 2.75) is 107 Å². The lowest BCUT2D eigenvalue weighted by Gasteiger charge is -2.27. The number of carbonyl (C=O) groups excluding carboxylic acids is 8. The van der Waals surface area contributed by atoms with Crippen LogP contribution in [0.15, 0.2) is 83.3 Å². The fourth-order valence-corrected chi connectivity index (χ4v) is 7.71. The van der Waals surface area contributed by atoms with Gasteiger partial charge >= 0.3 is 5.97 Å². The number of hydrogen-bond acceptors (Lipinski definition) is 16. The Morgan fingerprint density at radius 1 is 0.667 bits per heavy atom. The second-order valence-electron chi connectivity index (χ2n) is 17.5. The van der Waals surface area contributed by atoms with Crippen LogP contribution in [-0.4, -0.2) is 159 Å². The zero-order valence-electron chi connectivity index (χ0n) is 45.0. The summed E-state index contributed by atoms with van der Waals surface area (Å²) >= 11 is 7.94. The zero-order valence-corrected chi connectivity index (χ0v) is 44.8. The van der Waals surface area contributed by atoms with E-state index in [9.17, 15) is 48.3 Å². The molecule has 4 rings (SSSR count). The second-order valence-corrected chi connectivity index (χ2v) is 18.2. The van der Waals surface area contributed by atoms with Crippen LogP contribution in [0.2, 0.25) is 0 Å². The maximum absolute atomic E-state index is 14.1. The first-order chi connectivity index (χ1) is 38.0. The Balaban J connectivity index is 0.000000675. The summed E-state index contributed by atoms with van der Waals surface area (Å²) in [5, 5.41) is 25.8. The molecule has 0 bridgehead atoms. The number of aliphatic carboxylic acids is 1. The molecule has 6 amide bonds. The number of thiol groups is 2. The molecule has 0 saturated heterocycles. The van der Waals surface area contributed by atoms with Crippen LogP contribution in [-0.2, 0) is 62.4 Å². The fourth-order valence-electron chi connectivity index (χ4n) is 7.29. The number of amides is 6. The Bertz CT molecular complexity index is 2750. The van der Waals surface area contributed by atoms with Crippen molar-refractivity contribution in [3.8, 4) is 0 Å². The second kappa shape index (κ2) is 34.6. The maximum atomic E-state index is 14.1. The molecule has 78 heavy (non-hydrogen) atoms. The number of nitrogens with one attached hydrogen (secondary N) is 10. The SMILES string of the molecule is [2H]C(=O)[C@H](CS)NC(=O)[C@H](CCCN=C(N)N)NC(C)=O.[2H]C(=O)[C@H](Cc1cnc[nH]1)NN[C@@H](C)C(=O)NC(Cc1ccccc1)C(=O)N[C@@H](CCCN=C(N)N)C(=O)NC(Cc1c[nH]c2ccccc12)C(=O)N[C@@H](CS)C(=O)O. The van der Waals surface area contributed by atoms with Crippen molar-refractivity contribution in [1.29, 1.82) is 0 Å². The van der Waals surface area contributed by atoms with Crippen LogP contribution >= 0.6 is 25.3 Å². The van der Waals surface area contributed by atoms with Crippen molar-refractivity contribution in [1.82, 2.24) is 57.7 Å². The normalized spacial score (nSPS) is 14.2. The number of rotatable bonds is 33. The molecule has 2 unspecified atom stereocenters. The summed E-state index contributed by atoms with van der Waals surface area (Å²) in [6, 6.07) is 7.13. The van der Waals surface area contributed by atoms with E-state index in [1.807, 2.05) is 24.3 Å². The molecule has 0 aliphatic rings. The van der Waals surface area contributed by atoms with Crippen molar-refractivity contribution < 1.29 is 51.0 Å². The molecule has 29 heteroatoms. The highest BCUT2D eigenvalue weighted by atomic mass is 32.1. The molecule has 0 aliphatic heterocycles. The number of aromatic amines is 2. The van der Waals surface area contributed by atoms with Gasteiger partial charge in [-0.1, -0.05) is 48.5 Å². The van der Waals surface area contributed by atoms with E-state index >= 15 is 0 Å². The Labute approximate surface area is 463 Å². The van der Waals surface area contributed by atoms with Crippen molar-refractivity contribution >= 4 is 102 Å². The van der Waals surface area contributed by atoms with E-state index < -0.39 is 96.4 Å². The Kier molecular flexibility index (Phi) is 27.0. The van der Waals surface area contributed by atoms with E-state index in [1.54, 1.807) is 36.5 Å². The van der Waals surface area contributed by atoms with E-state index in [2.05, 4.69) is 92.9 Å². The number of nitrogens with two attached hydrogens (primary N) is 4. The van der Waals surface area contributed by atoms with Gasteiger partial charge in [0.2, 0.25) is 35.4 Å². The van der Waals surface area contributed by atoms with E-state index in [0.29, 0.717) is 36.2 Å². The van der Waals surface area contributed by atoms with Gasteiger partial charge in [-0.15, -0.1) is 0 Å². The first-order valence-electron chi connectivity index (χ1n) is 25.5. The van der Waals surface area contributed by atoms with Gasteiger partial charge in [-0.25, -0.2) is 20.6 Å². The van der Waals surface area contributed by atoms with Crippen LogP contribution in [0.1, 0.15) is 59.1 Å². The molecule has 2 aromatic carbocycles. The van der Waals surface area contributed by atoms with E-state index in [-0.39, 0.29) is 68.0 Å². The average Bonchev–Trinajstić information content (AvgIpc) is 4.14. The van der Waals surface area contributed by atoms with Crippen LogP contribution in [0, 0.1) is 0 Å². The van der Waals surface area contributed by atoms with Crippen LogP contribution < -0.4 is 65.7 Å². The minimum atomic E-state index is -1.35. The standard InChI is InChI=1S/C38H50N12O7S.C11H21N5O3S/c1-22(49-50-26(19-51)16-25-18-41-21-44-25)33(52)46-30(14-23-8-3-2-4-9-23)35(54)45-29(12-7-13-42-38(39)40)34(53)47-31(36(55)48-32(20-58)37(56)57)15-24-17-43-28-11-6-5-10-27(24)28;1-7(18)15-9(3-2-4-14-11(12)13)10(19)16-8(5-17)6-20/h2-6,8-11,17-19,21-22,26,29-32,43,49-50,58H,7,12-16,20H2,1H3,(H,41,44)(H,45,54)(H,46,52)(H,47,53)(H,48,55)(H,56,57)(H4,39,40,42);5,8-9,20H,2-4,6H2,1H3,(H,15,18)(H,16,19)(H4,12,13,14)/t22-,26-,29-,30?,31?,32-;8-,9+/m01/s1/i19D;5D. The summed E-state index contributed by atoms with van der Waals surface area (Å²) in [7, 11) is 0. The first-order valence-corrected chi connectivity index (χ1v) is 25.7. The molecular formula is C49H71N17O10S2. The minimum Gasteiger partial charge on any atom is -0.480 e. The molecule has 0 spiro atoms. The summed E-state index contributed by atoms with van der Waals surface area (Å²) in [5.41, 5.74) is 29.5. The van der Waals surface area contributed by atoms with Crippen LogP contribution in [0.3, 0.4) is 0 Å². The number of aldehydes is 2. The summed E-state index contributed by atoms with van der Waals surface area (Å²) in [6.45, 7) is 3.19. The molecule has 2 heterocycles. The summed E-state index contributed by atoms with van der Waals surface area (Å²) < 4.78 is 14.6. The van der Waals surface area contributed by atoms with Gasteiger partial charge in [0.25, 0.3) is 0 Å². The number of nitrogens with zero attached hydrogens (tertiary/aromatic N) is 3. The number of H-pyrrole nitrogens is 2. The molecule has 0 fully saturated rings. The van der Waals surface area contributed by atoms with Gasteiger partial charge in [-0.2, -0.15) is 25.3 Å². The number of carboxylic acid groups (broad SMARTS) is 1. The van der Waals surface area contributed by atoms with E-state index in [1.165, 1.54) is 26.4 Å². The average molecular weight is 1120 g/mol. The number of aliphatic imine (C=N–C) groups is 2. The van der Waals surface area contributed by atoms with Gasteiger partial charge in [0.1, 0.15) is 45.5 Å². The quantitative estimate of drug-likeness (QED) is 0.00570. The van der Waals surface area contributed by atoms with Gasteiger partial charge in [-0.05, 0) is 49.8 Å². The lowest BCUT2D eigenvalue weighted by atomic mass is 10.0. The molecule has 8 atom stereocenters. The van der Waals surface area contributed by atoms with Gasteiger partial charge in [0, 0.05) is 79.8 Å². The molecule has 2 aromatic heterocycles. The number of benzene rings is 2. The number of para-hydroxylation sites is 1. The predicted octanol–water partition coefficient (Wildman–Crippen LogP) is -2.87. The van der Waals surface area contributed by atoms with Crippen LogP contribution in [0.25, 0.3) is 10.9 Å². The lowest BCUT2D eigenvalue weighted by Crippen LogP contribution is -2.60. The molecule has 0 saturated carbocycles. The molecule has 424 valence electrons. The van der Waals surface area contributed by atoms with Gasteiger partial charge in [0.15, 0.2) is 11.9 Å². The molecule has 0 aliphatic carbocycles. The Morgan fingerprint density at radius 2 is 1.21 bits per heavy atom. The summed E-state index contributed by atoms with van der Waals surface area (Å²) in [6.07, 6.45) is 3.79. The number of carbonyl (C=O) groups is 9. The highest BCUT2D eigenvalue weighted by Crippen LogP contribution is 2.20. The van der Waals surface area contributed by atoms with Crippen LogP contribution in [0.4, 0.5) is 0 Å². The van der Waals surface area contributed by atoms with Crippen molar-refractivity contribution in [3.05, 3.63) is 90.1 Å². The molecule has 19 N–H and O–H groups in total.